The number of carbonyl (C=O) groups excluding carboxylic acids is 1. The van der Waals surface area contributed by atoms with Crippen LogP contribution < -0.4 is 5.32 Å². The van der Waals surface area contributed by atoms with Gasteiger partial charge >= 0.3 is 0 Å². The van der Waals surface area contributed by atoms with Crippen molar-refractivity contribution in [1.82, 2.24) is 0 Å². The van der Waals surface area contributed by atoms with Gasteiger partial charge < -0.3 is 5.32 Å². The van der Waals surface area contributed by atoms with Crippen molar-refractivity contribution in [1.29, 1.82) is 5.26 Å². The molecule has 0 aliphatic carbocycles. The average Bonchev–Trinajstić information content (AvgIpc) is 2.43. The summed E-state index contributed by atoms with van der Waals surface area (Å²) in [6.45, 7) is 0. The molecule has 3 nitrogen and oxygen atoms in total. The topological polar surface area (TPSA) is 52.9 Å². The van der Waals surface area contributed by atoms with E-state index in [2.05, 4.69) is 5.32 Å². The maximum Gasteiger partial charge on any atom is 0.255 e. The highest BCUT2D eigenvalue weighted by atomic mass is 35.5. The minimum atomic E-state index is -0.564. The summed E-state index contributed by atoms with van der Waals surface area (Å²) in [6, 6.07) is 11.9. The van der Waals surface area contributed by atoms with Crippen molar-refractivity contribution >= 4 is 23.2 Å². The molecule has 1 N–H and O–H groups in total. The normalized spacial score (nSPS) is 9.74. The molecule has 19 heavy (non-hydrogen) atoms. The van der Waals surface area contributed by atoms with Gasteiger partial charge in [-0.1, -0.05) is 11.6 Å². The van der Waals surface area contributed by atoms with Crippen LogP contribution in [-0.2, 0) is 0 Å². The molecule has 0 heterocycles. The number of carbonyl (C=O) groups is 1. The van der Waals surface area contributed by atoms with E-state index < -0.39 is 11.7 Å². The first-order chi connectivity index (χ1) is 9.10. The molecule has 0 radical (unpaired) electrons. The summed E-state index contributed by atoms with van der Waals surface area (Å²) in [6.07, 6.45) is 0. The van der Waals surface area contributed by atoms with Crippen molar-refractivity contribution in [3.63, 3.8) is 0 Å². The van der Waals surface area contributed by atoms with Gasteiger partial charge in [-0.3, -0.25) is 4.79 Å². The summed E-state index contributed by atoms with van der Waals surface area (Å²) < 4.78 is 13.4. The summed E-state index contributed by atoms with van der Waals surface area (Å²) in [7, 11) is 0. The van der Waals surface area contributed by atoms with E-state index in [9.17, 15) is 9.18 Å². The fraction of sp³-hybridized carbons (Fsp3) is 0. The van der Waals surface area contributed by atoms with E-state index >= 15 is 0 Å². The van der Waals surface area contributed by atoms with Crippen molar-refractivity contribution in [2.45, 2.75) is 0 Å². The van der Waals surface area contributed by atoms with Crippen LogP contribution in [0.4, 0.5) is 10.1 Å². The van der Waals surface area contributed by atoms with Gasteiger partial charge in [-0.15, -0.1) is 0 Å². The lowest BCUT2D eigenvalue weighted by atomic mass is 10.1. The van der Waals surface area contributed by atoms with Crippen LogP contribution in [0.25, 0.3) is 0 Å². The second-order valence-electron chi connectivity index (χ2n) is 3.77. The summed E-state index contributed by atoms with van der Waals surface area (Å²) in [5, 5.41) is 11.4. The maximum absolute atomic E-state index is 13.4. The number of halogens is 2. The first kappa shape index (κ1) is 13.1. The summed E-state index contributed by atoms with van der Waals surface area (Å²) in [4.78, 5) is 11.9. The standard InChI is InChI=1S/C14H8ClFN2O/c15-11-5-6-12(16)13(7-11)18-14(19)10-3-1-9(8-17)2-4-10/h1-7H,(H,18,19). The third kappa shape index (κ3) is 3.09. The number of hydrogen-bond donors (Lipinski definition) is 1. The van der Waals surface area contributed by atoms with E-state index in [1.54, 1.807) is 0 Å². The number of rotatable bonds is 2. The number of anilines is 1. The molecule has 2 rings (SSSR count). The largest absolute Gasteiger partial charge is 0.319 e. The SMILES string of the molecule is N#Cc1ccc(C(=O)Nc2cc(Cl)ccc2F)cc1. The van der Waals surface area contributed by atoms with Gasteiger partial charge in [-0.25, -0.2) is 4.39 Å². The van der Waals surface area contributed by atoms with Crippen LogP contribution >= 0.6 is 11.6 Å². The van der Waals surface area contributed by atoms with Crippen LogP contribution in [0.3, 0.4) is 0 Å². The summed E-state index contributed by atoms with van der Waals surface area (Å²) in [5.41, 5.74) is 0.797. The van der Waals surface area contributed by atoms with Crippen LogP contribution in [-0.4, -0.2) is 5.91 Å². The Hall–Kier alpha value is -2.38. The molecule has 2 aromatic carbocycles. The molecule has 0 aromatic heterocycles. The highest BCUT2D eigenvalue weighted by Gasteiger charge is 2.09. The van der Waals surface area contributed by atoms with Crippen LogP contribution in [0.2, 0.25) is 5.02 Å². The van der Waals surface area contributed by atoms with Gasteiger partial charge in [0, 0.05) is 10.6 Å². The molecule has 0 spiro atoms. The van der Waals surface area contributed by atoms with E-state index in [0.717, 1.165) is 0 Å². The molecule has 94 valence electrons. The Bertz CT molecular complexity index is 662. The van der Waals surface area contributed by atoms with Gasteiger partial charge in [0.05, 0.1) is 17.3 Å². The van der Waals surface area contributed by atoms with Crippen molar-refractivity contribution in [3.05, 3.63) is 64.4 Å². The predicted octanol–water partition coefficient (Wildman–Crippen LogP) is 3.60. The predicted molar refractivity (Wildman–Crippen MR) is 70.5 cm³/mol. The quantitative estimate of drug-likeness (QED) is 0.909. The molecule has 0 aliphatic rings. The van der Waals surface area contributed by atoms with E-state index in [0.29, 0.717) is 16.1 Å². The second-order valence-corrected chi connectivity index (χ2v) is 4.20. The highest BCUT2D eigenvalue weighted by molar-refractivity contribution is 6.31. The number of hydrogen-bond acceptors (Lipinski definition) is 2. The summed E-state index contributed by atoms with van der Waals surface area (Å²) in [5.74, 6) is -1.03. The Morgan fingerprint density at radius 2 is 1.89 bits per heavy atom. The second kappa shape index (κ2) is 5.51. The molecule has 1 amide bonds. The molecule has 0 fully saturated rings. The maximum atomic E-state index is 13.4. The Balaban J connectivity index is 2.21. The van der Waals surface area contributed by atoms with Gasteiger partial charge in [0.15, 0.2) is 0 Å². The lowest BCUT2D eigenvalue weighted by Gasteiger charge is -2.06. The molecule has 0 atom stereocenters. The fourth-order valence-electron chi connectivity index (χ4n) is 1.48. The van der Waals surface area contributed by atoms with Gasteiger partial charge in [-0.2, -0.15) is 5.26 Å². The average molecular weight is 275 g/mol. The molecule has 0 saturated heterocycles. The molecule has 0 unspecified atom stereocenters. The van der Waals surface area contributed by atoms with Gasteiger partial charge in [0.1, 0.15) is 5.82 Å². The van der Waals surface area contributed by atoms with Crippen LogP contribution in [0.15, 0.2) is 42.5 Å². The first-order valence-corrected chi connectivity index (χ1v) is 5.74. The fourth-order valence-corrected chi connectivity index (χ4v) is 1.66. The molecule has 2 aromatic rings. The zero-order valence-corrected chi connectivity index (χ0v) is 10.4. The molecule has 0 bridgehead atoms. The van der Waals surface area contributed by atoms with E-state index in [4.69, 9.17) is 16.9 Å². The third-order valence-electron chi connectivity index (χ3n) is 2.45. The minimum Gasteiger partial charge on any atom is -0.319 e. The van der Waals surface area contributed by atoms with Gasteiger partial charge in [0.2, 0.25) is 0 Å². The number of nitrogens with zero attached hydrogens (tertiary/aromatic N) is 1. The van der Waals surface area contributed by atoms with E-state index in [-0.39, 0.29) is 5.69 Å². The van der Waals surface area contributed by atoms with Crippen LogP contribution in [0.5, 0.6) is 0 Å². The molecular formula is C14H8ClFN2O. The molecular weight excluding hydrogens is 267 g/mol. The van der Waals surface area contributed by atoms with Crippen molar-refractivity contribution in [2.75, 3.05) is 5.32 Å². The number of benzene rings is 2. The lowest BCUT2D eigenvalue weighted by Crippen LogP contribution is -2.12. The molecule has 5 heteroatoms. The van der Waals surface area contributed by atoms with Crippen LogP contribution in [0.1, 0.15) is 15.9 Å². The highest BCUT2D eigenvalue weighted by Crippen LogP contribution is 2.20. The Kier molecular flexibility index (Phi) is 3.79. The van der Waals surface area contributed by atoms with Crippen molar-refractivity contribution in [2.24, 2.45) is 0 Å². The van der Waals surface area contributed by atoms with E-state index in [1.807, 2.05) is 6.07 Å². The van der Waals surface area contributed by atoms with Gasteiger partial charge in [0.25, 0.3) is 5.91 Å². The third-order valence-corrected chi connectivity index (χ3v) is 2.69. The van der Waals surface area contributed by atoms with Gasteiger partial charge in [-0.05, 0) is 42.5 Å². The Morgan fingerprint density at radius 1 is 1.21 bits per heavy atom. The summed E-state index contributed by atoms with van der Waals surface area (Å²) >= 11 is 5.73. The molecule has 0 aliphatic heterocycles. The van der Waals surface area contributed by atoms with Crippen LogP contribution in [0, 0.1) is 17.1 Å². The first-order valence-electron chi connectivity index (χ1n) is 5.37. The van der Waals surface area contributed by atoms with E-state index in [1.165, 1.54) is 42.5 Å². The molecule has 0 saturated carbocycles. The Morgan fingerprint density at radius 3 is 2.53 bits per heavy atom. The lowest BCUT2D eigenvalue weighted by molar-refractivity contribution is 0.102. The van der Waals surface area contributed by atoms with Crippen molar-refractivity contribution in [3.8, 4) is 6.07 Å². The number of amides is 1. The smallest absolute Gasteiger partial charge is 0.255 e. The van der Waals surface area contributed by atoms with Crippen molar-refractivity contribution < 1.29 is 9.18 Å². The minimum absolute atomic E-state index is 0.0156. The zero-order valence-electron chi connectivity index (χ0n) is 9.65. The number of nitrogens with one attached hydrogen (secondary N) is 1. The Labute approximate surface area is 114 Å². The zero-order chi connectivity index (χ0) is 13.8. The number of nitriles is 1. The monoisotopic (exact) mass is 274 g/mol.